The van der Waals surface area contributed by atoms with Crippen LogP contribution in [-0.2, 0) is 0 Å². The lowest BCUT2D eigenvalue weighted by molar-refractivity contribution is 0.390. The van der Waals surface area contributed by atoms with Gasteiger partial charge in [-0.1, -0.05) is 18.2 Å². The Hall–Kier alpha value is -2.14. The molecule has 5 heteroatoms. The molecule has 18 heavy (non-hydrogen) atoms. The molecule has 0 bridgehead atoms. The first-order valence-electron chi connectivity index (χ1n) is 5.52. The number of aromatic nitrogens is 2. The number of hydrogen-bond acceptors (Lipinski definition) is 5. The highest BCUT2D eigenvalue weighted by Crippen LogP contribution is 2.26. The van der Waals surface area contributed by atoms with Gasteiger partial charge in [0.1, 0.15) is 5.75 Å². The molecule has 94 valence electrons. The number of nitrogens with zero attached hydrogens (tertiary/aromatic N) is 2. The van der Waals surface area contributed by atoms with Crippen molar-refractivity contribution in [3.8, 4) is 11.6 Å². The molecule has 0 aliphatic carbocycles. The summed E-state index contributed by atoms with van der Waals surface area (Å²) in [5.74, 6) is 1.20. The van der Waals surface area contributed by atoms with Crippen molar-refractivity contribution < 1.29 is 9.47 Å². The van der Waals surface area contributed by atoms with Crippen LogP contribution in [0.1, 0.15) is 17.3 Å². The van der Waals surface area contributed by atoms with Crippen molar-refractivity contribution in [2.75, 3.05) is 14.2 Å². The van der Waals surface area contributed by atoms with Crippen molar-refractivity contribution in [2.24, 2.45) is 5.73 Å². The number of methoxy groups -OCH3 is 2. The van der Waals surface area contributed by atoms with E-state index in [4.69, 9.17) is 15.2 Å². The zero-order valence-electron chi connectivity index (χ0n) is 10.3. The van der Waals surface area contributed by atoms with Gasteiger partial charge in [-0.05, 0) is 12.1 Å². The van der Waals surface area contributed by atoms with E-state index < -0.39 is 0 Å². The Kier molecular flexibility index (Phi) is 3.74. The van der Waals surface area contributed by atoms with Gasteiger partial charge in [0.15, 0.2) is 0 Å². The second-order valence-electron chi connectivity index (χ2n) is 3.72. The van der Waals surface area contributed by atoms with E-state index in [1.165, 1.54) is 0 Å². The Bertz CT molecular complexity index is 514. The third kappa shape index (κ3) is 2.41. The van der Waals surface area contributed by atoms with Gasteiger partial charge in [-0.2, -0.15) is 0 Å². The molecular formula is C13H15N3O2. The molecule has 0 spiro atoms. The van der Waals surface area contributed by atoms with Gasteiger partial charge in [0, 0.05) is 11.6 Å². The van der Waals surface area contributed by atoms with Crippen LogP contribution in [0.15, 0.2) is 36.4 Å². The van der Waals surface area contributed by atoms with Gasteiger partial charge < -0.3 is 15.2 Å². The standard InChI is InChI=1S/C13H15N3O2/c1-17-11-6-4-3-5-9(11)13(14)10-7-8-12(18-2)16-15-10/h3-8,13H,14H2,1-2H3. The van der Waals surface area contributed by atoms with Crippen molar-refractivity contribution in [3.05, 3.63) is 47.7 Å². The Morgan fingerprint density at radius 2 is 1.78 bits per heavy atom. The van der Waals surface area contributed by atoms with Crippen molar-refractivity contribution in [1.82, 2.24) is 10.2 Å². The van der Waals surface area contributed by atoms with Crippen molar-refractivity contribution in [2.45, 2.75) is 6.04 Å². The van der Waals surface area contributed by atoms with Gasteiger partial charge in [-0.3, -0.25) is 0 Å². The van der Waals surface area contributed by atoms with E-state index in [1.807, 2.05) is 24.3 Å². The molecule has 1 aromatic carbocycles. The summed E-state index contributed by atoms with van der Waals surface area (Å²) in [6.45, 7) is 0. The summed E-state index contributed by atoms with van der Waals surface area (Å²) in [6.07, 6.45) is 0. The maximum atomic E-state index is 6.16. The lowest BCUT2D eigenvalue weighted by atomic mass is 10.0. The average molecular weight is 245 g/mol. The highest BCUT2D eigenvalue weighted by Gasteiger charge is 2.15. The predicted molar refractivity (Wildman–Crippen MR) is 67.6 cm³/mol. The van der Waals surface area contributed by atoms with Crippen LogP contribution in [-0.4, -0.2) is 24.4 Å². The second kappa shape index (κ2) is 5.46. The minimum Gasteiger partial charge on any atom is -0.496 e. The van der Waals surface area contributed by atoms with Crippen LogP contribution in [0, 0.1) is 0 Å². The normalized spacial score (nSPS) is 11.9. The Balaban J connectivity index is 2.31. The van der Waals surface area contributed by atoms with E-state index in [-0.39, 0.29) is 6.04 Å². The molecule has 1 aromatic heterocycles. The summed E-state index contributed by atoms with van der Waals surface area (Å²) < 4.78 is 10.2. The van der Waals surface area contributed by atoms with Gasteiger partial charge in [0.2, 0.25) is 5.88 Å². The van der Waals surface area contributed by atoms with Crippen LogP contribution in [0.2, 0.25) is 0 Å². The van der Waals surface area contributed by atoms with Gasteiger partial charge in [0.05, 0.1) is 26.0 Å². The molecule has 2 aromatic rings. The lowest BCUT2D eigenvalue weighted by Crippen LogP contribution is -2.15. The first-order chi connectivity index (χ1) is 8.76. The molecule has 2 rings (SSSR count). The molecule has 0 fully saturated rings. The van der Waals surface area contributed by atoms with E-state index in [1.54, 1.807) is 26.4 Å². The topological polar surface area (TPSA) is 70.3 Å². The fourth-order valence-electron chi connectivity index (χ4n) is 1.69. The van der Waals surface area contributed by atoms with Gasteiger partial charge >= 0.3 is 0 Å². The number of para-hydroxylation sites is 1. The van der Waals surface area contributed by atoms with Crippen molar-refractivity contribution in [1.29, 1.82) is 0 Å². The number of rotatable bonds is 4. The number of hydrogen-bond donors (Lipinski definition) is 1. The molecular weight excluding hydrogens is 230 g/mol. The molecule has 0 aliphatic heterocycles. The number of nitrogens with two attached hydrogens (primary N) is 1. The van der Waals surface area contributed by atoms with Crippen LogP contribution in [0.3, 0.4) is 0 Å². The minimum atomic E-state index is -0.375. The first kappa shape index (κ1) is 12.3. The monoisotopic (exact) mass is 245 g/mol. The largest absolute Gasteiger partial charge is 0.496 e. The summed E-state index contributed by atoms with van der Waals surface area (Å²) in [7, 11) is 3.16. The van der Waals surface area contributed by atoms with Gasteiger partial charge in [-0.25, -0.2) is 0 Å². The molecule has 0 radical (unpaired) electrons. The molecule has 1 unspecified atom stereocenters. The number of benzene rings is 1. The summed E-state index contributed by atoms with van der Waals surface area (Å²) in [5.41, 5.74) is 7.70. The molecule has 5 nitrogen and oxygen atoms in total. The van der Waals surface area contributed by atoms with E-state index in [2.05, 4.69) is 10.2 Å². The third-order valence-corrected chi connectivity index (χ3v) is 2.66. The first-order valence-corrected chi connectivity index (χ1v) is 5.52. The zero-order chi connectivity index (χ0) is 13.0. The maximum absolute atomic E-state index is 6.16. The molecule has 0 amide bonds. The van der Waals surface area contributed by atoms with E-state index in [9.17, 15) is 0 Å². The molecule has 0 saturated heterocycles. The molecule has 0 saturated carbocycles. The van der Waals surface area contributed by atoms with Gasteiger partial charge in [-0.15, -0.1) is 10.2 Å². The van der Waals surface area contributed by atoms with Crippen LogP contribution in [0.4, 0.5) is 0 Å². The molecule has 2 N–H and O–H groups in total. The summed E-state index contributed by atoms with van der Waals surface area (Å²) in [4.78, 5) is 0. The van der Waals surface area contributed by atoms with E-state index in [0.717, 1.165) is 11.3 Å². The fourth-order valence-corrected chi connectivity index (χ4v) is 1.69. The zero-order valence-corrected chi connectivity index (χ0v) is 10.3. The second-order valence-corrected chi connectivity index (χ2v) is 3.72. The highest BCUT2D eigenvalue weighted by atomic mass is 16.5. The van der Waals surface area contributed by atoms with E-state index >= 15 is 0 Å². The van der Waals surface area contributed by atoms with Crippen molar-refractivity contribution >= 4 is 0 Å². The maximum Gasteiger partial charge on any atom is 0.233 e. The Morgan fingerprint density at radius 1 is 1.00 bits per heavy atom. The fraction of sp³-hybridized carbons (Fsp3) is 0.231. The average Bonchev–Trinajstić information content (AvgIpc) is 2.46. The molecule has 1 heterocycles. The Labute approximate surface area is 106 Å². The lowest BCUT2D eigenvalue weighted by Gasteiger charge is -2.14. The summed E-state index contributed by atoms with van der Waals surface area (Å²) in [5, 5.41) is 7.95. The van der Waals surface area contributed by atoms with Crippen molar-refractivity contribution in [3.63, 3.8) is 0 Å². The summed E-state index contributed by atoms with van der Waals surface area (Å²) in [6, 6.07) is 10.7. The minimum absolute atomic E-state index is 0.375. The third-order valence-electron chi connectivity index (χ3n) is 2.66. The van der Waals surface area contributed by atoms with Crippen LogP contribution in [0.5, 0.6) is 11.6 Å². The van der Waals surface area contributed by atoms with Crippen LogP contribution < -0.4 is 15.2 Å². The number of ether oxygens (including phenoxy) is 2. The quantitative estimate of drug-likeness (QED) is 0.884. The molecule has 1 atom stereocenters. The molecule has 0 aliphatic rings. The van der Waals surface area contributed by atoms with E-state index in [0.29, 0.717) is 11.6 Å². The predicted octanol–water partition coefficient (Wildman–Crippen LogP) is 1.54. The smallest absolute Gasteiger partial charge is 0.233 e. The SMILES string of the molecule is COc1ccc(C(N)c2ccccc2OC)nn1. The van der Waals surface area contributed by atoms with Crippen LogP contribution in [0.25, 0.3) is 0 Å². The summed E-state index contributed by atoms with van der Waals surface area (Å²) >= 11 is 0. The van der Waals surface area contributed by atoms with Gasteiger partial charge in [0.25, 0.3) is 0 Å². The highest BCUT2D eigenvalue weighted by molar-refractivity contribution is 5.39. The van der Waals surface area contributed by atoms with Crippen LogP contribution >= 0.6 is 0 Å². The Morgan fingerprint density at radius 3 is 2.39 bits per heavy atom.